The van der Waals surface area contributed by atoms with Crippen molar-refractivity contribution >= 4 is 45.2 Å². The molecule has 0 amide bonds. The monoisotopic (exact) mass is 341 g/mol. The van der Waals surface area contributed by atoms with E-state index in [9.17, 15) is 0 Å². The average molecular weight is 342 g/mol. The first-order chi connectivity index (χ1) is 8.74. The highest BCUT2D eigenvalue weighted by molar-refractivity contribution is 9.10. The molecule has 94 valence electrons. The zero-order chi connectivity index (χ0) is 12.5. The van der Waals surface area contributed by atoms with Crippen LogP contribution in [0.25, 0.3) is 0 Å². The molecule has 0 saturated heterocycles. The first-order valence-electron chi connectivity index (χ1n) is 5.85. The van der Waals surface area contributed by atoms with Crippen molar-refractivity contribution in [1.82, 2.24) is 9.36 Å². The molecule has 2 aromatic rings. The Morgan fingerprint density at radius 1 is 1.11 bits per heavy atom. The number of fused-ring (bicyclic) bond motifs is 1. The maximum absolute atomic E-state index is 5.39. The van der Waals surface area contributed by atoms with E-state index in [1.54, 1.807) is 11.3 Å². The molecule has 3 nitrogen and oxygen atoms in total. The van der Waals surface area contributed by atoms with Gasteiger partial charge in [-0.3, -0.25) is 9.36 Å². The summed E-state index contributed by atoms with van der Waals surface area (Å²) in [6.07, 6.45) is 2.42. The quantitative estimate of drug-likeness (QED) is 0.721. The maximum Gasteiger partial charge on any atom is 0.207 e. The summed E-state index contributed by atoms with van der Waals surface area (Å²) in [5, 5.41) is 0. The van der Waals surface area contributed by atoms with Crippen molar-refractivity contribution in [1.29, 1.82) is 0 Å². The summed E-state index contributed by atoms with van der Waals surface area (Å²) in [7, 11) is 0. The molecule has 0 aliphatic carbocycles. The molecule has 0 saturated carbocycles. The fourth-order valence-electron chi connectivity index (χ4n) is 2.04. The summed E-state index contributed by atoms with van der Waals surface area (Å²) in [6, 6.07) is 8.03. The minimum absolute atomic E-state index is 0.922. The zero-order valence-corrected chi connectivity index (χ0v) is 12.9. The second-order valence-corrected chi connectivity index (χ2v) is 6.71. The van der Waals surface area contributed by atoms with Gasteiger partial charge in [-0.1, -0.05) is 27.3 Å². The van der Waals surface area contributed by atoms with E-state index >= 15 is 0 Å². The van der Waals surface area contributed by atoms with Gasteiger partial charge in [-0.2, -0.15) is 0 Å². The van der Waals surface area contributed by atoms with Gasteiger partial charge < -0.3 is 0 Å². The molecular formula is C12H12BrN3S2. The molecule has 0 spiro atoms. The first-order valence-corrected chi connectivity index (χ1v) is 7.87. The van der Waals surface area contributed by atoms with E-state index in [1.807, 2.05) is 24.3 Å². The van der Waals surface area contributed by atoms with Gasteiger partial charge in [0, 0.05) is 17.6 Å². The Morgan fingerprint density at radius 2 is 1.78 bits per heavy atom. The summed E-state index contributed by atoms with van der Waals surface area (Å²) < 4.78 is 6.37. The van der Waals surface area contributed by atoms with Crippen molar-refractivity contribution in [2.45, 2.75) is 25.9 Å². The summed E-state index contributed by atoms with van der Waals surface area (Å²) in [4.78, 5) is 5.69. The van der Waals surface area contributed by atoms with Gasteiger partial charge in [0.05, 0.1) is 5.69 Å². The van der Waals surface area contributed by atoms with Crippen LogP contribution in [0.15, 0.2) is 33.7 Å². The Labute approximate surface area is 123 Å². The van der Waals surface area contributed by atoms with Crippen molar-refractivity contribution in [3.05, 3.63) is 37.5 Å². The van der Waals surface area contributed by atoms with E-state index in [0.29, 0.717) is 0 Å². The highest BCUT2D eigenvalue weighted by Crippen LogP contribution is 2.17. The highest BCUT2D eigenvalue weighted by atomic mass is 79.9. The van der Waals surface area contributed by atoms with Gasteiger partial charge in [0.2, 0.25) is 4.80 Å². The molecule has 6 heteroatoms. The molecule has 1 aliphatic rings. The summed E-state index contributed by atoms with van der Waals surface area (Å²) in [6.45, 7) is 2.04. The molecule has 0 atom stereocenters. The Morgan fingerprint density at radius 3 is 2.50 bits per heavy atom. The normalized spacial score (nSPS) is 15.7. The number of rotatable bonds is 1. The molecule has 0 fully saturated rings. The largest absolute Gasteiger partial charge is 0.264 e. The molecule has 0 radical (unpaired) electrons. The second-order valence-electron chi connectivity index (χ2n) is 4.19. The van der Waals surface area contributed by atoms with E-state index < -0.39 is 0 Å². The summed E-state index contributed by atoms with van der Waals surface area (Å²) >= 11 is 10.4. The number of halogens is 1. The van der Waals surface area contributed by atoms with Crippen molar-refractivity contribution < 1.29 is 0 Å². The van der Waals surface area contributed by atoms with Crippen LogP contribution in [-0.4, -0.2) is 9.36 Å². The Kier molecular flexibility index (Phi) is 3.50. The SMILES string of the molecule is S=c1s/c(=N\c2ccc(Br)cc2)n2n1CCCC2. The number of hydrogen-bond donors (Lipinski definition) is 0. The first kappa shape index (κ1) is 12.3. The molecule has 1 aromatic carbocycles. The molecule has 1 aliphatic heterocycles. The lowest BCUT2D eigenvalue weighted by molar-refractivity contribution is 0.350. The standard InChI is InChI=1S/C12H12BrN3S2/c13-9-3-5-10(6-4-9)14-11-15-7-1-2-8-16(15)12(17)18-11/h3-6H,1-2,7-8H2/b14-11-. The predicted molar refractivity (Wildman–Crippen MR) is 79.7 cm³/mol. The number of nitrogens with zero attached hydrogens (tertiary/aromatic N) is 3. The summed E-state index contributed by atoms with van der Waals surface area (Å²) in [5.41, 5.74) is 0.968. The van der Waals surface area contributed by atoms with Crippen LogP contribution >= 0.6 is 39.5 Å². The predicted octanol–water partition coefficient (Wildman–Crippen LogP) is 3.87. The topological polar surface area (TPSA) is 22.2 Å². The van der Waals surface area contributed by atoms with Gasteiger partial charge in [0.15, 0.2) is 3.95 Å². The van der Waals surface area contributed by atoms with Crippen LogP contribution in [0.2, 0.25) is 0 Å². The zero-order valence-electron chi connectivity index (χ0n) is 9.67. The van der Waals surface area contributed by atoms with Gasteiger partial charge >= 0.3 is 0 Å². The van der Waals surface area contributed by atoms with Crippen LogP contribution in [0.1, 0.15) is 12.8 Å². The maximum atomic E-state index is 5.39. The molecular weight excluding hydrogens is 330 g/mol. The van der Waals surface area contributed by atoms with Crippen LogP contribution < -0.4 is 4.80 Å². The van der Waals surface area contributed by atoms with Gasteiger partial charge in [0.25, 0.3) is 0 Å². The third-order valence-electron chi connectivity index (χ3n) is 2.94. The molecule has 18 heavy (non-hydrogen) atoms. The van der Waals surface area contributed by atoms with Crippen molar-refractivity contribution in [2.24, 2.45) is 4.99 Å². The van der Waals surface area contributed by atoms with E-state index in [2.05, 4.69) is 30.3 Å². The van der Waals surface area contributed by atoms with Crippen molar-refractivity contribution in [2.75, 3.05) is 0 Å². The van der Waals surface area contributed by atoms with Gasteiger partial charge in [-0.05, 0) is 49.3 Å². The molecule has 0 N–H and O–H groups in total. The summed E-state index contributed by atoms with van der Waals surface area (Å²) in [5.74, 6) is 0. The number of benzene rings is 1. The number of aromatic nitrogens is 2. The molecule has 1 aromatic heterocycles. The second kappa shape index (κ2) is 5.11. The van der Waals surface area contributed by atoms with Crippen molar-refractivity contribution in [3.63, 3.8) is 0 Å². The van der Waals surface area contributed by atoms with Crippen LogP contribution in [-0.2, 0) is 13.1 Å². The molecule has 3 rings (SSSR count). The third-order valence-corrected chi connectivity index (χ3v) is 4.80. The lowest BCUT2D eigenvalue weighted by Gasteiger charge is -2.16. The smallest absolute Gasteiger partial charge is 0.207 e. The lowest BCUT2D eigenvalue weighted by atomic mass is 10.3. The third kappa shape index (κ3) is 2.37. The van der Waals surface area contributed by atoms with Crippen LogP contribution in [0.5, 0.6) is 0 Å². The Balaban J connectivity index is 2.12. The van der Waals surface area contributed by atoms with E-state index in [4.69, 9.17) is 12.2 Å². The highest BCUT2D eigenvalue weighted by Gasteiger charge is 2.10. The molecule has 2 heterocycles. The van der Waals surface area contributed by atoms with Gasteiger partial charge in [0.1, 0.15) is 0 Å². The Hall–Kier alpha value is -0.720. The van der Waals surface area contributed by atoms with E-state index in [1.165, 1.54) is 12.8 Å². The van der Waals surface area contributed by atoms with Crippen LogP contribution in [0.3, 0.4) is 0 Å². The molecule has 0 unspecified atom stereocenters. The fourth-order valence-corrected chi connectivity index (χ4v) is 3.62. The Bertz CT molecular complexity index is 679. The average Bonchev–Trinajstić information content (AvgIpc) is 2.70. The van der Waals surface area contributed by atoms with Crippen molar-refractivity contribution in [3.8, 4) is 0 Å². The fraction of sp³-hybridized carbons (Fsp3) is 0.333. The van der Waals surface area contributed by atoms with Gasteiger partial charge in [-0.25, -0.2) is 4.99 Å². The minimum Gasteiger partial charge on any atom is -0.264 e. The van der Waals surface area contributed by atoms with E-state index in [0.717, 1.165) is 32.0 Å². The minimum atomic E-state index is 0.922. The van der Waals surface area contributed by atoms with Crippen LogP contribution in [0, 0.1) is 3.95 Å². The van der Waals surface area contributed by atoms with E-state index in [-0.39, 0.29) is 0 Å². The lowest BCUT2D eigenvalue weighted by Crippen LogP contribution is -2.27. The number of hydrogen-bond acceptors (Lipinski definition) is 3. The van der Waals surface area contributed by atoms with Crippen LogP contribution in [0.4, 0.5) is 5.69 Å². The van der Waals surface area contributed by atoms with Gasteiger partial charge in [-0.15, -0.1) is 0 Å². The molecule has 0 bridgehead atoms.